The Balaban J connectivity index is 1.49. The van der Waals surface area contributed by atoms with Crippen LogP contribution >= 0.6 is 0 Å². The number of nitrogens with one attached hydrogen (secondary N) is 1. The fourth-order valence-electron chi connectivity index (χ4n) is 5.56. The number of para-hydroxylation sites is 1. The summed E-state index contributed by atoms with van der Waals surface area (Å²) in [6.45, 7) is 4.55. The van der Waals surface area contributed by atoms with Crippen molar-refractivity contribution in [1.82, 2.24) is 10.3 Å². The average molecular weight is 415 g/mol. The van der Waals surface area contributed by atoms with Crippen molar-refractivity contribution >= 4 is 38.4 Å². The Labute approximate surface area is 186 Å². The summed E-state index contributed by atoms with van der Waals surface area (Å²) in [5.41, 5.74) is 7.75. The molecule has 3 nitrogen and oxygen atoms in total. The molecule has 1 aliphatic carbocycles. The van der Waals surface area contributed by atoms with Crippen LogP contribution < -0.4 is 5.32 Å². The highest BCUT2D eigenvalue weighted by molar-refractivity contribution is 6.12. The predicted octanol–water partition coefficient (Wildman–Crippen LogP) is 7.04. The van der Waals surface area contributed by atoms with Gasteiger partial charge in [-0.15, -0.1) is 0 Å². The Morgan fingerprint density at radius 1 is 0.906 bits per heavy atom. The van der Waals surface area contributed by atoms with E-state index < -0.39 is 0 Å². The molecule has 154 valence electrons. The van der Waals surface area contributed by atoms with Gasteiger partial charge in [0.05, 0.1) is 17.4 Å². The van der Waals surface area contributed by atoms with Crippen molar-refractivity contribution < 1.29 is 4.42 Å². The van der Waals surface area contributed by atoms with Crippen LogP contribution in [0.3, 0.4) is 0 Å². The number of hydrogen-bond acceptors (Lipinski definition) is 3. The van der Waals surface area contributed by atoms with Gasteiger partial charge < -0.3 is 9.73 Å². The van der Waals surface area contributed by atoms with Crippen LogP contribution in [-0.2, 0) is 5.41 Å². The first-order valence-electron chi connectivity index (χ1n) is 11.1. The second-order valence-electron chi connectivity index (χ2n) is 9.28. The van der Waals surface area contributed by atoms with Gasteiger partial charge in [-0.05, 0) is 40.1 Å². The third-order valence-corrected chi connectivity index (χ3v) is 7.16. The molecule has 0 radical (unpaired) electrons. The van der Waals surface area contributed by atoms with Crippen LogP contribution in [0.25, 0.3) is 38.4 Å². The van der Waals surface area contributed by atoms with Crippen LogP contribution in [0, 0.1) is 0 Å². The number of aromatic nitrogens is 1. The van der Waals surface area contributed by atoms with Gasteiger partial charge in [0.1, 0.15) is 11.2 Å². The van der Waals surface area contributed by atoms with E-state index in [1.54, 1.807) is 0 Å². The number of rotatable bonds is 1. The van der Waals surface area contributed by atoms with Gasteiger partial charge in [0, 0.05) is 27.9 Å². The van der Waals surface area contributed by atoms with E-state index in [2.05, 4.69) is 79.8 Å². The zero-order chi connectivity index (χ0) is 21.4. The molecule has 0 fully saturated rings. The quantitative estimate of drug-likeness (QED) is 0.320. The highest BCUT2D eigenvalue weighted by Gasteiger charge is 2.40. The van der Waals surface area contributed by atoms with Crippen LogP contribution in [0.15, 0.2) is 95.1 Å². The van der Waals surface area contributed by atoms with Gasteiger partial charge in [0.25, 0.3) is 0 Å². The van der Waals surface area contributed by atoms with Crippen LogP contribution in [-0.4, -0.2) is 4.98 Å². The molecule has 2 aliphatic rings. The molecule has 3 aromatic carbocycles. The van der Waals surface area contributed by atoms with Gasteiger partial charge >= 0.3 is 0 Å². The maximum Gasteiger partial charge on any atom is 0.141 e. The number of nitrogens with zero attached hydrogens (tertiary/aromatic N) is 1. The smallest absolute Gasteiger partial charge is 0.141 e. The van der Waals surface area contributed by atoms with E-state index >= 15 is 0 Å². The molecule has 3 heteroatoms. The van der Waals surface area contributed by atoms with Crippen molar-refractivity contribution in [3.63, 3.8) is 0 Å². The molecule has 0 amide bonds. The van der Waals surface area contributed by atoms with E-state index in [4.69, 9.17) is 9.40 Å². The molecule has 32 heavy (non-hydrogen) atoms. The summed E-state index contributed by atoms with van der Waals surface area (Å²) in [5, 5.41) is 8.60. The van der Waals surface area contributed by atoms with Crippen molar-refractivity contribution in [1.29, 1.82) is 0 Å². The van der Waals surface area contributed by atoms with Crippen molar-refractivity contribution in [2.24, 2.45) is 0 Å². The molecule has 1 aliphatic heterocycles. The van der Waals surface area contributed by atoms with Crippen LogP contribution in [0.4, 0.5) is 0 Å². The van der Waals surface area contributed by atoms with Gasteiger partial charge in [-0.2, -0.15) is 0 Å². The van der Waals surface area contributed by atoms with E-state index in [0.29, 0.717) is 0 Å². The summed E-state index contributed by atoms with van der Waals surface area (Å²) in [5.74, 6) is 0. The predicted molar refractivity (Wildman–Crippen MR) is 130 cm³/mol. The van der Waals surface area contributed by atoms with Crippen LogP contribution in [0.5, 0.6) is 0 Å². The Morgan fingerprint density at radius 2 is 1.72 bits per heavy atom. The minimum atomic E-state index is -0.0686. The molecule has 2 aromatic heterocycles. The topological polar surface area (TPSA) is 38.1 Å². The summed E-state index contributed by atoms with van der Waals surface area (Å²) >= 11 is 0. The van der Waals surface area contributed by atoms with Gasteiger partial charge in [0.15, 0.2) is 0 Å². The Bertz CT molecular complexity index is 1630. The zero-order valence-corrected chi connectivity index (χ0v) is 18.0. The first-order chi connectivity index (χ1) is 15.6. The zero-order valence-electron chi connectivity index (χ0n) is 18.0. The number of fused-ring (bicyclic) bond motifs is 6. The molecule has 0 saturated carbocycles. The molecular formula is C29H22N2O. The maximum absolute atomic E-state index is 6.46. The number of allylic oxidation sites excluding steroid dienone is 2. The van der Waals surface area contributed by atoms with Crippen LogP contribution in [0.1, 0.15) is 36.7 Å². The van der Waals surface area contributed by atoms with Gasteiger partial charge in [-0.3, -0.25) is 4.98 Å². The van der Waals surface area contributed by atoms with Crippen molar-refractivity contribution in [2.75, 3.05) is 0 Å². The molecule has 5 aromatic rings. The monoisotopic (exact) mass is 414 g/mol. The summed E-state index contributed by atoms with van der Waals surface area (Å²) in [4.78, 5) is 4.75. The van der Waals surface area contributed by atoms with Crippen molar-refractivity contribution in [2.45, 2.75) is 25.3 Å². The molecule has 0 bridgehead atoms. The molecule has 0 saturated heterocycles. The minimum absolute atomic E-state index is 0.00771. The third kappa shape index (κ3) is 2.23. The molecule has 1 unspecified atom stereocenters. The molecule has 0 spiro atoms. The molecule has 1 atom stereocenters. The lowest BCUT2D eigenvalue weighted by Crippen LogP contribution is -2.24. The van der Waals surface area contributed by atoms with Crippen molar-refractivity contribution in [3.05, 3.63) is 107 Å². The summed E-state index contributed by atoms with van der Waals surface area (Å²) in [7, 11) is 0. The SMILES string of the molecule is CC1(C)C2=C(NC(c3c4ccccc4cc4c3oc3ccccc34)C=C2)c2ncccc21. The molecule has 7 rings (SSSR count). The fourth-order valence-corrected chi connectivity index (χ4v) is 5.56. The summed E-state index contributed by atoms with van der Waals surface area (Å²) in [6.07, 6.45) is 6.45. The van der Waals surface area contributed by atoms with Gasteiger partial charge in [-0.1, -0.05) is 74.5 Å². The highest BCUT2D eigenvalue weighted by atomic mass is 16.3. The molecule has 3 heterocycles. The highest BCUT2D eigenvalue weighted by Crippen LogP contribution is 2.48. The van der Waals surface area contributed by atoms with Gasteiger partial charge in [-0.25, -0.2) is 0 Å². The summed E-state index contributed by atoms with van der Waals surface area (Å²) < 4.78 is 6.46. The Morgan fingerprint density at radius 3 is 2.62 bits per heavy atom. The van der Waals surface area contributed by atoms with E-state index in [1.807, 2.05) is 24.4 Å². The Hall–Kier alpha value is -3.85. The third-order valence-electron chi connectivity index (χ3n) is 7.16. The number of dihydropyridines is 1. The van der Waals surface area contributed by atoms with E-state index in [9.17, 15) is 0 Å². The number of hydrogen-bond donors (Lipinski definition) is 1. The minimum Gasteiger partial charge on any atom is -0.456 e. The Kier molecular flexibility index (Phi) is 3.39. The lowest BCUT2D eigenvalue weighted by molar-refractivity contribution is 0.637. The number of furan rings is 1. The average Bonchev–Trinajstić information content (AvgIpc) is 3.30. The van der Waals surface area contributed by atoms with Crippen LogP contribution in [0.2, 0.25) is 0 Å². The van der Waals surface area contributed by atoms with Gasteiger partial charge in [0.2, 0.25) is 0 Å². The second-order valence-corrected chi connectivity index (χ2v) is 9.28. The lowest BCUT2D eigenvalue weighted by atomic mass is 9.80. The first-order valence-corrected chi connectivity index (χ1v) is 11.1. The standard InChI is InChI=1S/C29H22N2O/c1-29(2)21-11-7-15-30-26(21)27-22(29)13-14-23(31-27)25-18-9-4-3-8-17(18)16-20-19-10-5-6-12-24(19)32-28(20)25/h3-16,23,31H,1-2H3. The molecular weight excluding hydrogens is 392 g/mol. The lowest BCUT2D eigenvalue weighted by Gasteiger charge is -2.27. The van der Waals surface area contributed by atoms with E-state index in [0.717, 1.165) is 33.3 Å². The maximum atomic E-state index is 6.46. The number of pyridine rings is 1. The largest absolute Gasteiger partial charge is 0.456 e. The van der Waals surface area contributed by atoms with E-state index in [1.165, 1.54) is 27.5 Å². The molecule has 1 N–H and O–H groups in total. The second kappa shape index (κ2) is 6.10. The number of benzene rings is 3. The van der Waals surface area contributed by atoms with Crippen molar-refractivity contribution in [3.8, 4) is 0 Å². The summed E-state index contributed by atoms with van der Waals surface area (Å²) in [6, 6.07) is 23.4. The first kappa shape index (κ1) is 17.8. The normalized spacial score (nSPS) is 18.9. The van der Waals surface area contributed by atoms with E-state index in [-0.39, 0.29) is 11.5 Å². The fraction of sp³-hybridized carbons (Fsp3) is 0.138.